The van der Waals surface area contributed by atoms with E-state index in [0.717, 1.165) is 38.4 Å². The molecule has 0 aliphatic rings. The Bertz CT molecular complexity index is 1170. The Balaban J connectivity index is 1.93. The van der Waals surface area contributed by atoms with Crippen molar-refractivity contribution >= 4 is 56.2 Å². The number of nitrogens with zero attached hydrogens (tertiary/aromatic N) is 4. The molecule has 0 atom stereocenters. The Hall–Kier alpha value is -1.81. The van der Waals surface area contributed by atoms with E-state index in [1.807, 2.05) is 28.9 Å². The van der Waals surface area contributed by atoms with Crippen LogP contribution < -0.4 is 4.90 Å². The first kappa shape index (κ1) is 29.7. The standard InChI is InChI=1S/C26H39IN4O4Si2/c1-33-26(32)21-10-8-20(9-11-21)23-16-24(31-25(29-23)22(27)17-28-31)30(18-34-12-14-36(2,3)4)19-35-13-15-37(5,6)7/h8-11,16-17H,12-15,18-19H2,1-7H3. The maximum Gasteiger partial charge on any atom is 0.337 e. The smallest absolute Gasteiger partial charge is 0.337 e. The quantitative estimate of drug-likeness (QED) is 0.0713. The van der Waals surface area contributed by atoms with Crippen molar-refractivity contribution in [1.29, 1.82) is 0 Å². The lowest BCUT2D eigenvalue weighted by Crippen LogP contribution is -2.33. The van der Waals surface area contributed by atoms with Crippen molar-refractivity contribution in [3.8, 4) is 11.3 Å². The molecule has 11 heteroatoms. The number of halogens is 1. The van der Waals surface area contributed by atoms with Gasteiger partial charge in [-0.05, 0) is 46.8 Å². The van der Waals surface area contributed by atoms with Crippen LogP contribution in [0.4, 0.5) is 5.82 Å². The maximum absolute atomic E-state index is 11.9. The van der Waals surface area contributed by atoms with Gasteiger partial charge < -0.3 is 19.1 Å². The van der Waals surface area contributed by atoms with Crippen molar-refractivity contribution in [3.05, 3.63) is 45.7 Å². The van der Waals surface area contributed by atoms with Crippen LogP contribution in [0, 0.1) is 3.57 Å². The number of benzene rings is 1. The molecule has 0 unspecified atom stereocenters. The Labute approximate surface area is 235 Å². The number of fused-ring (bicyclic) bond motifs is 1. The van der Waals surface area contributed by atoms with Crippen LogP contribution in [0.3, 0.4) is 0 Å². The molecule has 2 aromatic heterocycles. The summed E-state index contributed by atoms with van der Waals surface area (Å²) in [6.07, 6.45) is 1.81. The highest BCUT2D eigenvalue weighted by atomic mass is 127. The summed E-state index contributed by atoms with van der Waals surface area (Å²) in [6, 6.07) is 11.5. The maximum atomic E-state index is 11.9. The third kappa shape index (κ3) is 8.87. The summed E-state index contributed by atoms with van der Waals surface area (Å²) in [6.45, 7) is 16.3. The molecule has 0 bridgehead atoms. The van der Waals surface area contributed by atoms with Gasteiger partial charge in [0.2, 0.25) is 0 Å². The largest absolute Gasteiger partial charge is 0.465 e. The number of ether oxygens (including phenoxy) is 3. The second kappa shape index (κ2) is 12.8. The molecule has 3 rings (SSSR count). The molecular weight excluding hydrogens is 615 g/mol. The van der Waals surface area contributed by atoms with Crippen molar-refractivity contribution in [3.63, 3.8) is 0 Å². The summed E-state index contributed by atoms with van der Waals surface area (Å²) in [4.78, 5) is 18.8. The van der Waals surface area contributed by atoms with Crippen LogP contribution >= 0.6 is 22.6 Å². The van der Waals surface area contributed by atoms with E-state index < -0.39 is 16.1 Å². The lowest BCUT2D eigenvalue weighted by atomic mass is 10.1. The fourth-order valence-corrected chi connectivity index (χ4v) is 5.45. The van der Waals surface area contributed by atoms with Crippen LogP contribution in [-0.2, 0) is 14.2 Å². The second-order valence-corrected chi connectivity index (χ2v) is 23.9. The lowest BCUT2D eigenvalue weighted by Gasteiger charge is -2.26. The van der Waals surface area contributed by atoms with Gasteiger partial charge in [0.05, 0.1) is 28.1 Å². The number of methoxy groups -OCH3 is 1. The number of anilines is 1. The molecule has 37 heavy (non-hydrogen) atoms. The molecule has 202 valence electrons. The summed E-state index contributed by atoms with van der Waals surface area (Å²) in [7, 11) is -1.02. The van der Waals surface area contributed by atoms with E-state index in [0.29, 0.717) is 32.2 Å². The molecule has 8 nitrogen and oxygen atoms in total. The van der Waals surface area contributed by atoms with Crippen LogP contribution in [0.2, 0.25) is 51.4 Å². The van der Waals surface area contributed by atoms with Gasteiger partial charge in [-0.3, -0.25) is 0 Å². The molecule has 3 aromatic rings. The summed E-state index contributed by atoms with van der Waals surface area (Å²) in [5.74, 6) is 0.485. The molecule has 0 amide bonds. The minimum Gasteiger partial charge on any atom is -0.465 e. The third-order valence-electron chi connectivity index (χ3n) is 5.82. The van der Waals surface area contributed by atoms with Gasteiger partial charge in [-0.15, -0.1) is 0 Å². The first-order valence-electron chi connectivity index (χ1n) is 12.5. The molecule has 0 saturated carbocycles. The highest BCUT2D eigenvalue weighted by Gasteiger charge is 2.19. The Morgan fingerprint density at radius 3 is 2.05 bits per heavy atom. The van der Waals surface area contributed by atoms with E-state index in [1.165, 1.54) is 7.11 Å². The number of rotatable bonds is 13. The highest BCUT2D eigenvalue weighted by Crippen LogP contribution is 2.27. The topological polar surface area (TPSA) is 78.2 Å². The van der Waals surface area contributed by atoms with Crippen molar-refractivity contribution in [1.82, 2.24) is 14.6 Å². The SMILES string of the molecule is COC(=O)c1ccc(-c2cc(N(COCC[Si](C)(C)C)COCC[Si](C)(C)C)n3ncc(I)c3n2)cc1. The molecule has 0 radical (unpaired) electrons. The summed E-state index contributed by atoms with van der Waals surface area (Å²) >= 11 is 2.26. The van der Waals surface area contributed by atoms with E-state index in [-0.39, 0.29) is 5.97 Å². The Kier molecular flexibility index (Phi) is 10.3. The fraction of sp³-hybridized carbons (Fsp3) is 0.500. The second-order valence-electron chi connectivity index (χ2n) is 11.5. The predicted octanol–water partition coefficient (Wildman–Crippen LogP) is 6.22. The van der Waals surface area contributed by atoms with Gasteiger partial charge in [0.15, 0.2) is 5.65 Å². The number of esters is 1. The normalized spacial score (nSPS) is 12.2. The molecule has 0 saturated heterocycles. The minimum absolute atomic E-state index is 0.363. The number of hydrogen-bond donors (Lipinski definition) is 0. The molecule has 0 fully saturated rings. The molecule has 0 aliphatic heterocycles. The van der Waals surface area contributed by atoms with Crippen LogP contribution in [0.1, 0.15) is 10.4 Å². The molecule has 0 N–H and O–H groups in total. The van der Waals surface area contributed by atoms with Crippen molar-refractivity contribution < 1.29 is 19.0 Å². The van der Waals surface area contributed by atoms with Crippen molar-refractivity contribution in [2.75, 3.05) is 38.7 Å². The zero-order valence-corrected chi connectivity index (χ0v) is 27.2. The number of carbonyl (C=O) groups is 1. The van der Waals surface area contributed by atoms with E-state index in [2.05, 4.69) is 71.9 Å². The molecule has 0 aliphatic carbocycles. The van der Waals surface area contributed by atoms with Gasteiger partial charge in [-0.25, -0.2) is 9.78 Å². The van der Waals surface area contributed by atoms with E-state index >= 15 is 0 Å². The van der Waals surface area contributed by atoms with E-state index in [4.69, 9.17) is 19.2 Å². The number of hydrogen-bond acceptors (Lipinski definition) is 7. The molecule has 1 aromatic carbocycles. The van der Waals surface area contributed by atoms with E-state index in [1.54, 1.807) is 12.1 Å². The number of aromatic nitrogens is 3. The summed E-state index contributed by atoms with van der Waals surface area (Å²) < 4.78 is 19.9. The Morgan fingerprint density at radius 2 is 1.54 bits per heavy atom. The van der Waals surface area contributed by atoms with Crippen LogP contribution in [-0.4, -0.2) is 70.5 Å². The Morgan fingerprint density at radius 1 is 0.973 bits per heavy atom. The van der Waals surface area contributed by atoms with Gasteiger partial charge in [0, 0.05) is 41.0 Å². The minimum atomic E-state index is -1.20. The lowest BCUT2D eigenvalue weighted by molar-refractivity contribution is 0.0600. The first-order valence-corrected chi connectivity index (χ1v) is 21.0. The van der Waals surface area contributed by atoms with Crippen LogP contribution in [0.15, 0.2) is 36.5 Å². The zero-order valence-electron chi connectivity index (χ0n) is 23.0. The van der Waals surface area contributed by atoms with Crippen LogP contribution in [0.5, 0.6) is 0 Å². The van der Waals surface area contributed by atoms with Gasteiger partial charge in [-0.1, -0.05) is 51.4 Å². The van der Waals surface area contributed by atoms with Gasteiger partial charge in [0.1, 0.15) is 19.3 Å². The van der Waals surface area contributed by atoms with Gasteiger partial charge in [0.25, 0.3) is 0 Å². The monoisotopic (exact) mass is 654 g/mol. The zero-order chi connectivity index (χ0) is 27.2. The number of carbonyl (C=O) groups excluding carboxylic acids is 1. The van der Waals surface area contributed by atoms with Crippen molar-refractivity contribution in [2.45, 2.75) is 51.4 Å². The first-order chi connectivity index (χ1) is 17.4. The predicted molar refractivity (Wildman–Crippen MR) is 163 cm³/mol. The average Bonchev–Trinajstić information content (AvgIpc) is 3.21. The van der Waals surface area contributed by atoms with Crippen molar-refractivity contribution in [2.24, 2.45) is 0 Å². The summed E-state index contributed by atoms with van der Waals surface area (Å²) in [5.41, 5.74) is 2.94. The van der Waals surface area contributed by atoms with Gasteiger partial charge >= 0.3 is 5.97 Å². The third-order valence-corrected chi connectivity index (χ3v) is 9.99. The fourth-order valence-electron chi connectivity index (χ4n) is 3.46. The average molecular weight is 655 g/mol. The summed E-state index contributed by atoms with van der Waals surface area (Å²) in [5, 5.41) is 4.60. The molecule has 0 spiro atoms. The van der Waals surface area contributed by atoms with E-state index in [9.17, 15) is 4.79 Å². The van der Waals surface area contributed by atoms with Crippen LogP contribution in [0.25, 0.3) is 16.9 Å². The van der Waals surface area contributed by atoms with Gasteiger partial charge in [-0.2, -0.15) is 9.61 Å². The highest BCUT2D eigenvalue weighted by molar-refractivity contribution is 14.1. The molecule has 2 heterocycles. The molecular formula is C26H39IN4O4Si2.